The average Bonchev–Trinajstić information content (AvgIpc) is 3.95. The van der Waals surface area contributed by atoms with Gasteiger partial charge in [0.15, 0.2) is 0 Å². The van der Waals surface area contributed by atoms with Crippen LogP contribution in [0, 0.1) is 23.1 Å². The van der Waals surface area contributed by atoms with Gasteiger partial charge in [-0.25, -0.2) is 12.8 Å². The van der Waals surface area contributed by atoms with Gasteiger partial charge in [0.2, 0.25) is 27.7 Å². The van der Waals surface area contributed by atoms with E-state index in [9.17, 15) is 27.6 Å². The summed E-state index contributed by atoms with van der Waals surface area (Å²) >= 11 is 12.9. The molecule has 4 amide bonds. The number of carbonyl (C=O) groups excluding carboxylic acids is 4. The summed E-state index contributed by atoms with van der Waals surface area (Å²) < 4.78 is 57.7. The second-order valence-corrected chi connectivity index (χ2v) is 21.9. The molecule has 1 spiro atoms. The predicted molar refractivity (Wildman–Crippen MR) is 255 cm³/mol. The van der Waals surface area contributed by atoms with Crippen molar-refractivity contribution >= 4 is 68.2 Å². The SMILES string of the molecule is COc1cc(S(=O)(=O)N2CCO[C@@H](CC#Cc3cccc4c3CN(C3CCC(=O)NC3=O)C4=O)C2)ccc1NC(=O)[C@@H]1N[C@@H](CC(C)(C)C)[C@@]2(CNc3cc(Cl)ccc32)[C@H]1c1cccc(Cl)c1F. The van der Waals surface area contributed by atoms with Crippen molar-refractivity contribution in [1.29, 1.82) is 0 Å². The minimum Gasteiger partial charge on any atom is -0.495 e. The minimum atomic E-state index is -4.10. The summed E-state index contributed by atoms with van der Waals surface area (Å²) in [6, 6.07) is 17.8. The lowest BCUT2D eigenvalue weighted by Gasteiger charge is -2.39. The van der Waals surface area contributed by atoms with E-state index in [2.05, 4.69) is 53.9 Å². The molecule has 9 rings (SSSR count). The number of fused-ring (bicyclic) bond motifs is 3. The number of halogens is 3. The van der Waals surface area contributed by atoms with Gasteiger partial charge in [0.1, 0.15) is 17.6 Å². The minimum absolute atomic E-state index is 0.0168. The molecule has 0 saturated carbocycles. The van der Waals surface area contributed by atoms with Crippen molar-refractivity contribution in [2.45, 2.75) is 93.5 Å². The first-order chi connectivity index (χ1) is 32.4. The summed E-state index contributed by atoms with van der Waals surface area (Å²) in [6.45, 7) is 7.15. The second-order valence-electron chi connectivity index (χ2n) is 19.1. The molecular weight excluding hydrogens is 935 g/mol. The molecule has 3 saturated heterocycles. The number of ether oxygens (including phenoxy) is 2. The molecule has 14 nitrogen and oxygen atoms in total. The third-order valence-corrected chi connectivity index (χ3v) is 16.1. The lowest BCUT2D eigenvalue weighted by molar-refractivity contribution is -0.137. The number of sulfonamides is 1. The van der Waals surface area contributed by atoms with Crippen LogP contribution < -0.4 is 26.0 Å². The number of benzene rings is 4. The maximum Gasteiger partial charge on any atom is 0.255 e. The number of carbonyl (C=O) groups is 4. The molecule has 5 aliphatic rings. The number of piperidine rings is 1. The molecule has 0 aliphatic carbocycles. The number of rotatable bonds is 9. The summed E-state index contributed by atoms with van der Waals surface area (Å²) in [7, 11) is -2.71. The number of anilines is 2. The molecule has 6 atom stereocenters. The van der Waals surface area contributed by atoms with Crippen molar-refractivity contribution in [2.24, 2.45) is 5.41 Å². The van der Waals surface area contributed by atoms with Crippen LogP contribution in [0.15, 0.2) is 77.7 Å². The molecule has 4 aromatic carbocycles. The van der Waals surface area contributed by atoms with Gasteiger partial charge in [0, 0.05) is 84.3 Å². The summed E-state index contributed by atoms with van der Waals surface area (Å²) in [5.41, 5.74) is 2.94. The summed E-state index contributed by atoms with van der Waals surface area (Å²) in [5.74, 6) is 3.34. The topological polar surface area (TPSA) is 175 Å². The number of nitrogens with one attached hydrogen (secondary N) is 4. The van der Waals surface area contributed by atoms with Crippen molar-refractivity contribution < 1.29 is 41.5 Å². The van der Waals surface area contributed by atoms with Crippen LogP contribution in [0.5, 0.6) is 5.75 Å². The predicted octanol–water partition coefficient (Wildman–Crippen LogP) is 6.60. The van der Waals surface area contributed by atoms with E-state index in [4.69, 9.17) is 32.7 Å². The lowest BCUT2D eigenvalue weighted by atomic mass is 9.63. The molecule has 0 aromatic heterocycles. The monoisotopic (exact) mass is 984 g/mol. The van der Waals surface area contributed by atoms with Crippen LogP contribution in [0.2, 0.25) is 10.0 Å². The Morgan fingerprint density at radius 3 is 2.62 bits per heavy atom. The molecule has 18 heteroatoms. The lowest BCUT2D eigenvalue weighted by Crippen LogP contribution is -2.52. The van der Waals surface area contributed by atoms with Gasteiger partial charge in [-0.3, -0.25) is 24.5 Å². The zero-order valence-corrected chi connectivity index (χ0v) is 40.2. The molecule has 5 aliphatic heterocycles. The zero-order chi connectivity index (χ0) is 48.3. The fourth-order valence-corrected chi connectivity index (χ4v) is 12.4. The highest BCUT2D eigenvalue weighted by Gasteiger charge is 2.61. The van der Waals surface area contributed by atoms with Gasteiger partial charge < -0.3 is 30.3 Å². The molecule has 68 heavy (non-hydrogen) atoms. The highest BCUT2D eigenvalue weighted by molar-refractivity contribution is 7.89. The van der Waals surface area contributed by atoms with E-state index in [1.807, 2.05) is 12.1 Å². The van der Waals surface area contributed by atoms with Gasteiger partial charge in [0.05, 0.1) is 41.5 Å². The van der Waals surface area contributed by atoms with Gasteiger partial charge in [-0.1, -0.05) is 80.1 Å². The van der Waals surface area contributed by atoms with Crippen molar-refractivity contribution in [3.63, 3.8) is 0 Å². The molecule has 356 valence electrons. The van der Waals surface area contributed by atoms with Crippen LogP contribution in [0.4, 0.5) is 15.8 Å². The normalized spacial score (nSPS) is 24.8. The standard InChI is InChI=1S/C50H51Cl2FN6O8S/c1-49(2,3)24-41-50(27-54-38-22-29(51)14-16-35(38)50)43(33-12-7-13-36(52)44(33)53)45(56-41)47(62)55-37-17-15-31(23-40(37)66-4)68(64,65)58-20-21-67-30(25-58)10-5-8-28-9-6-11-32-34(28)26-59(48(32)63)39-18-19-42(60)57-46(39)61/h6-7,9,11-17,22-23,30,39,41,43,45,54,56H,10,18-21,24-27H2,1-4H3,(H,55,62)(H,57,60,61)/t30-,39?,41-,43-,45+,50-/m0/s1. The summed E-state index contributed by atoms with van der Waals surface area (Å²) in [4.78, 5) is 53.8. The van der Waals surface area contributed by atoms with Gasteiger partial charge in [-0.05, 0) is 77.4 Å². The van der Waals surface area contributed by atoms with Crippen LogP contribution in [0.25, 0.3) is 0 Å². The number of nitrogens with zero attached hydrogens (tertiary/aromatic N) is 2. The van der Waals surface area contributed by atoms with Crippen LogP contribution in [-0.4, -0.2) is 98.8 Å². The van der Waals surface area contributed by atoms with Gasteiger partial charge in [-0.15, -0.1) is 0 Å². The van der Waals surface area contributed by atoms with Gasteiger partial charge >= 0.3 is 0 Å². The number of morpholine rings is 1. The number of hydrogen-bond donors (Lipinski definition) is 4. The van der Waals surface area contributed by atoms with E-state index < -0.39 is 57.2 Å². The number of amides is 4. The molecule has 4 aromatic rings. The first-order valence-corrected chi connectivity index (χ1v) is 24.7. The first kappa shape index (κ1) is 47.5. The molecule has 0 bridgehead atoms. The van der Waals surface area contributed by atoms with Gasteiger partial charge in [-0.2, -0.15) is 4.31 Å². The van der Waals surface area contributed by atoms with E-state index in [-0.39, 0.29) is 95.7 Å². The molecule has 0 radical (unpaired) electrons. The maximum atomic E-state index is 16.3. The second kappa shape index (κ2) is 18.4. The van der Waals surface area contributed by atoms with Crippen molar-refractivity contribution in [1.82, 2.24) is 19.8 Å². The molecule has 3 fully saturated rings. The Morgan fingerprint density at radius 1 is 1.06 bits per heavy atom. The zero-order valence-electron chi connectivity index (χ0n) is 37.9. The Bertz CT molecular complexity index is 2920. The smallest absolute Gasteiger partial charge is 0.255 e. The van der Waals surface area contributed by atoms with E-state index in [0.717, 1.165) is 11.3 Å². The van der Waals surface area contributed by atoms with E-state index in [1.165, 1.54) is 40.6 Å². The fourth-order valence-electron chi connectivity index (χ4n) is 10.6. The van der Waals surface area contributed by atoms with E-state index in [0.29, 0.717) is 34.7 Å². The largest absolute Gasteiger partial charge is 0.495 e. The summed E-state index contributed by atoms with van der Waals surface area (Å²) in [6.07, 6.45) is 0.652. The molecule has 1 unspecified atom stereocenters. The first-order valence-electron chi connectivity index (χ1n) is 22.5. The maximum absolute atomic E-state index is 16.3. The Hall–Kier alpha value is -5.54. The highest BCUT2D eigenvalue weighted by atomic mass is 35.5. The Balaban J connectivity index is 0.928. The molecule has 4 N–H and O–H groups in total. The van der Waals surface area contributed by atoms with Crippen molar-refractivity contribution in [2.75, 3.05) is 44.0 Å². The van der Waals surface area contributed by atoms with Crippen molar-refractivity contribution in [3.05, 3.63) is 116 Å². The fraction of sp³-hybridized carbons (Fsp3) is 0.400. The summed E-state index contributed by atoms with van der Waals surface area (Å²) in [5, 5.41) is 12.9. The molecular formula is C50H51Cl2FN6O8S. The third-order valence-electron chi connectivity index (χ3n) is 13.7. The van der Waals surface area contributed by atoms with Crippen LogP contribution in [0.3, 0.4) is 0 Å². The van der Waals surface area contributed by atoms with E-state index in [1.54, 1.807) is 36.4 Å². The van der Waals surface area contributed by atoms with Crippen LogP contribution in [0.1, 0.15) is 85.0 Å². The van der Waals surface area contributed by atoms with E-state index >= 15 is 4.39 Å². The highest BCUT2D eigenvalue weighted by Crippen LogP contribution is 2.57. The van der Waals surface area contributed by atoms with Gasteiger partial charge in [0.25, 0.3) is 5.91 Å². The number of imide groups is 1. The number of methoxy groups -OCH3 is 1. The Kier molecular flexibility index (Phi) is 12.9. The number of hydrogen-bond acceptors (Lipinski definition) is 10. The van der Waals surface area contributed by atoms with Crippen LogP contribution in [-0.2, 0) is 41.1 Å². The quantitative estimate of drug-likeness (QED) is 0.106. The Labute approximate surface area is 404 Å². The third kappa shape index (κ3) is 8.73. The average molecular weight is 986 g/mol. The van der Waals surface area contributed by atoms with Crippen molar-refractivity contribution in [3.8, 4) is 17.6 Å². The Morgan fingerprint density at radius 2 is 1.85 bits per heavy atom. The van der Waals surface area contributed by atoms with Crippen LogP contribution >= 0.6 is 23.2 Å². The molecule has 5 heterocycles.